The van der Waals surface area contributed by atoms with Crippen molar-refractivity contribution in [1.82, 2.24) is 14.9 Å². The molecule has 1 aliphatic carbocycles. The van der Waals surface area contributed by atoms with Gasteiger partial charge >= 0.3 is 0 Å². The van der Waals surface area contributed by atoms with E-state index in [4.69, 9.17) is 10.7 Å². The van der Waals surface area contributed by atoms with Crippen LogP contribution in [0.4, 0.5) is 0 Å². The number of carbonyl (C=O) groups is 1. The molecule has 5 nitrogen and oxygen atoms in total. The second-order valence-electron chi connectivity index (χ2n) is 6.96. The number of hydrogen-bond acceptors (Lipinski definition) is 3. The first kappa shape index (κ1) is 14.7. The lowest BCUT2D eigenvalue weighted by Crippen LogP contribution is -2.45. The second kappa shape index (κ2) is 5.96. The van der Waals surface area contributed by atoms with Gasteiger partial charge in [-0.1, -0.05) is 18.6 Å². The number of benzene rings is 1. The first-order chi connectivity index (χ1) is 11.2. The molecule has 3 atom stereocenters. The smallest absolute Gasteiger partial charge is 0.227 e. The molecule has 1 amide bonds. The number of hydrogen-bond donors (Lipinski definition) is 2. The molecule has 2 fully saturated rings. The van der Waals surface area contributed by atoms with Crippen LogP contribution < -0.4 is 5.73 Å². The highest BCUT2D eigenvalue weighted by atomic mass is 16.2. The molecule has 122 valence electrons. The van der Waals surface area contributed by atoms with Crippen molar-refractivity contribution in [1.29, 1.82) is 0 Å². The number of rotatable bonds is 2. The van der Waals surface area contributed by atoms with Crippen LogP contribution in [0.1, 0.15) is 43.8 Å². The summed E-state index contributed by atoms with van der Waals surface area (Å²) in [6.45, 7) is 1.63. The molecule has 1 saturated carbocycles. The molecule has 1 unspecified atom stereocenters. The molecule has 2 aliphatic rings. The maximum atomic E-state index is 12.8. The summed E-state index contributed by atoms with van der Waals surface area (Å²) in [5.74, 6) is 1.61. The third-order valence-corrected chi connectivity index (χ3v) is 5.41. The molecule has 3 N–H and O–H groups in total. The van der Waals surface area contributed by atoms with Crippen LogP contribution in [0.5, 0.6) is 0 Å². The van der Waals surface area contributed by atoms with Crippen molar-refractivity contribution in [3.8, 4) is 0 Å². The summed E-state index contributed by atoms with van der Waals surface area (Å²) in [6.07, 6.45) is 5.14. The molecule has 0 spiro atoms. The van der Waals surface area contributed by atoms with E-state index in [1.54, 1.807) is 0 Å². The molecular formula is C18H24N4O. The van der Waals surface area contributed by atoms with Gasteiger partial charge in [0.05, 0.1) is 17.0 Å². The highest BCUT2D eigenvalue weighted by Gasteiger charge is 2.35. The molecule has 23 heavy (non-hydrogen) atoms. The number of fused-ring (bicyclic) bond motifs is 1. The summed E-state index contributed by atoms with van der Waals surface area (Å²) in [7, 11) is 0. The Bertz CT molecular complexity index is 677. The zero-order valence-corrected chi connectivity index (χ0v) is 13.4. The van der Waals surface area contributed by atoms with Crippen molar-refractivity contribution >= 4 is 16.9 Å². The van der Waals surface area contributed by atoms with E-state index in [1.165, 1.54) is 0 Å². The fraction of sp³-hybridized carbons (Fsp3) is 0.556. The minimum absolute atomic E-state index is 0.0319. The summed E-state index contributed by atoms with van der Waals surface area (Å²) in [5.41, 5.74) is 8.19. The summed E-state index contributed by atoms with van der Waals surface area (Å²) in [6, 6.07) is 8.15. The Morgan fingerprint density at radius 2 is 2.09 bits per heavy atom. The lowest BCUT2D eigenvalue weighted by Gasteiger charge is -2.34. The van der Waals surface area contributed by atoms with Gasteiger partial charge < -0.3 is 15.6 Å². The van der Waals surface area contributed by atoms with E-state index in [2.05, 4.69) is 11.1 Å². The Morgan fingerprint density at radius 1 is 1.22 bits per heavy atom. The SMILES string of the molecule is N[C@H]1CCC[C@@H]1C(=O)N1CCCC(c2nc3ccccc3[nH]2)C1. The zero-order valence-electron chi connectivity index (χ0n) is 13.4. The van der Waals surface area contributed by atoms with Gasteiger partial charge in [-0.15, -0.1) is 0 Å². The number of imidazole rings is 1. The van der Waals surface area contributed by atoms with Gasteiger partial charge in [0.15, 0.2) is 0 Å². The van der Waals surface area contributed by atoms with Crippen molar-refractivity contribution in [2.24, 2.45) is 11.7 Å². The van der Waals surface area contributed by atoms with E-state index in [9.17, 15) is 4.79 Å². The Hall–Kier alpha value is -1.88. The number of carbonyl (C=O) groups excluding carboxylic acids is 1. The van der Waals surface area contributed by atoms with Gasteiger partial charge in [-0.25, -0.2) is 4.98 Å². The number of amides is 1. The zero-order chi connectivity index (χ0) is 15.8. The summed E-state index contributed by atoms with van der Waals surface area (Å²) < 4.78 is 0. The summed E-state index contributed by atoms with van der Waals surface area (Å²) in [4.78, 5) is 23.0. The minimum atomic E-state index is 0.0319. The molecule has 2 aromatic rings. The quantitative estimate of drug-likeness (QED) is 0.894. The van der Waals surface area contributed by atoms with Gasteiger partial charge in [-0.3, -0.25) is 4.79 Å². The number of nitrogens with one attached hydrogen (secondary N) is 1. The minimum Gasteiger partial charge on any atom is -0.342 e. The van der Waals surface area contributed by atoms with Gasteiger partial charge in [-0.2, -0.15) is 0 Å². The highest BCUT2D eigenvalue weighted by Crippen LogP contribution is 2.31. The number of nitrogens with two attached hydrogens (primary N) is 1. The lowest BCUT2D eigenvalue weighted by molar-refractivity contribution is -0.137. The van der Waals surface area contributed by atoms with Gasteiger partial charge in [0, 0.05) is 25.0 Å². The van der Waals surface area contributed by atoms with Crippen LogP contribution in [-0.4, -0.2) is 39.9 Å². The van der Waals surface area contributed by atoms with E-state index >= 15 is 0 Å². The molecule has 1 saturated heterocycles. The van der Waals surface area contributed by atoms with Gasteiger partial charge in [0.1, 0.15) is 5.82 Å². The largest absolute Gasteiger partial charge is 0.342 e. The monoisotopic (exact) mass is 312 g/mol. The van der Waals surface area contributed by atoms with Crippen molar-refractivity contribution in [3.05, 3.63) is 30.1 Å². The van der Waals surface area contributed by atoms with E-state index in [1.807, 2.05) is 23.1 Å². The van der Waals surface area contributed by atoms with E-state index in [-0.39, 0.29) is 17.9 Å². The maximum Gasteiger partial charge on any atom is 0.227 e. The predicted molar refractivity (Wildman–Crippen MR) is 90.0 cm³/mol. The molecule has 1 aromatic carbocycles. The molecule has 0 radical (unpaired) electrons. The van der Waals surface area contributed by atoms with Crippen LogP contribution >= 0.6 is 0 Å². The number of aromatic amines is 1. The lowest BCUT2D eigenvalue weighted by atomic mass is 9.94. The highest BCUT2D eigenvalue weighted by molar-refractivity contribution is 5.80. The Kier molecular flexibility index (Phi) is 3.81. The second-order valence-corrected chi connectivity index (χ2v) is 6.96. The number of H-pyrrole nitrogens is 1. The Labute approximate surface area is 136 Å². The van der Waals surface area contributed by atoms with Crippen LogP contribution in [0.3, 0.4) is 0 Å². The van der Waals surface area contributed by atoms with Gasteiger partial charge in [-0.05, 0) is 37.8 Å². The van der Waals surface area contributed by atoms with Crippen LogP contribution in [-0.2, 0) is 4.79 Å². The van der Waals surface area contributed by atoms with Gasteiger partial charge in [0.2, 0.25) is 5.91 Å². The van der Waals surface area contributed by atoms with E-state index in [0.717, 1.165) is 62.1 Å². The molecule has 5 heteroatoms. The molecular weight excluding hydrogens is 288 g/mol. The Balaban J connectivity index is 1.51. The average Bonchev–Trinajstić information content (AvgIpc) is 3.20. The number of piperidine rings is 1. The van der Waals surface area contributed by atoms with Crippen molar-refractivity contribution < 1.29 is 4.79 Å². The third-order valence-electron chi connectivity index (χ3n) is 5.41. The summed E-state index contributed by atoms with van der Waals surface area (Å²) in [5, 5.41) is 0. The molecule has 2 heterocycles. The van der Waals surface area contributed by atoms with Gasteiger partial charge in [0.25, 0.3) is 0 Å². The molecule has 1 aromatic heterocycles. The molecule has 1 aliphatic heterocycles. The predicted octanol–water partition coefficient (Wildman–Crippen LogP) is 2.40. The third kappa shape index (κ3) is 2.74. The normalized spacial score (nSPS) is 28.4. The first-order valence-electron chi connectivity index (χ1n) is 8.71. The first-order valence-corrected chi connectivity index (χ1v) is 8.71. The van der Waals surface area contributed by atoms with Crippen molar-refractivity contribution in [2.45, 2.75) is 44.1 Å². The number of aromatic nitrogens is 2. The molecule has 0 bridgehead atoms. The maximum absolute atomic E-state index is 12.8. The topological polar surface area (TPSA) is 75.0 Å². The van der Waals surface area contributed by atoms with E-state index in [0.29, 0.717) is 5.92 Å². The number of likely N-dealkylation sites (tertiary alicyclic amines) is 1. The average molecular weight is 312 g/mol. The standard InChI is InChI=1S/C18H24N4O/c19-14-7-3-6-13(14)18(23)22-10-4-5-12(11-22)17-20-15-8-1-2-9-16(15)21-17/h1-2,8-9,12-14H,3-7,10-11,19H2,(H,20,21)/t12?,13-,14-/m0/s1. The van der Waals surface area contributed by atoms with Crippen molar-refractivity contribution in [3.63, 3.8) is 0 Å². The molecule has 4 rings (SSSR count). The Morgan fingerprint density at radius 3 is 2.87 bits per heavy atom. The number of para-hydroxylation sites is 2. The fourth-order valence-corrected chi connectivity index (χ4v) is 4.10. The van der Waals surface area contributed by atoms with Crippen molar-refractivity contribution in [2.75, 3.05) is 13.1 Å². The number of nitrogens with zero attached hydrogens (tertiary/aromatic N) is 2. The summed E-state index contributed by atoms with van der Waals surface area (Å²) >= 11 is 0. The van der Waals surface area contributed by atoms with Crippen LogP contribution in [0.15, 0.2) is 24.3 Å². The van der Waals surface area contributed by atoms with Crippen LogP contribution in [0.2, 0.25) is 0 Å². The van der Waals surface area contributed by atoms with Crippen LogP contribution in [0, 0.1) is 5.92 Å². The fourth-order valence-electron chi connectivity index (χ4n) is 4.10. The van der Waals surface area contributed by atoms with Crippen LogP contribution in [0.25, 0.3) is 11.0 Å². The van der Waals surface area contributed by atoms with E-state index < -0.39 is 0 Å².